The number of alkyl halides is 3. The fraction of sp³-hybridized carbons (Fsp3) is 0.278. The number of carbonyl (C=O) groups excluding carboxylic acids is 2. The summed E-state index contributed by atoms with van der Waals surface area (Å²) in [5.41, 5.74) is -0.637. The molecule has 0 aromatic heterocycles. The summed E-state index contributed by atoms with van der Waals surface area (Å²) in [6.07, 6.45) is -5.80. The van der Waals surface area contributed by atoms with Gasteiger partial charge >= 0.3 is 12.3 Å². The molecule has 0 bridgehead atoms. The zero-order chi connectivity index (χ0) is 34.7. The van der Waals surface area contributed by atoms with Gasteiger partial charge in [0.2, 0.25) is 0 Å². The highest BCUT2D eigenvalue weighted by atomic mass is 32.2. The maximum absolute atomic E-state index is 14.7. The van der Waals surface area contributed by atoms with E-state index in [0.29, 0.717) is 5.75 Å². The number of hydrogen-bond acceptors (Lipinski definition) is 6. The summed E-state index contributed by atoms with van der Waals surface area (Å²) in [6, 6.07) is 20.7. The molecular weight excluding hydrogens is 631 g/mol. The summed E-state index contributed by atoms with van der Waals surface area (Å²) in [5, 5.41) is 0.535. The first-order chi connectivity index (χ1) is 21.9. The lowest BCUT2D eigenvalue weighted by molar-refractivity contribution is -0.137. The fourth-order valence-electron chi connectivity index (χ4n) is 5.08. The molecule has 0 radical (unpaired) electrons. The Labute approximate surface area is 272 Å². The largest absolute Gasteiger partial charge is 0.497 e. The number of ketones is 1. The van der Waals surface area contributed by atoms with Crippen LogP contribution in [0.1, 0.15) is 64.9 Å². The van der Waals surface area contributed by atoms with E-state index in [2.05, 4.69) is 5.32 Å². The first kappa shape index (κ1) is 35.2. The molecule has 2 unspecified atom stereocenters. The predicted octanol–water partition coefficient (Wildman–Crippen LogP) is 8.54. The Balaban J connectivity index is 2.08. The number of amides is 1. The van der Waals surface area contributed by atoms with Crippen molar-refractivity contribution in [1.29, 1.82) is 0 Å². The molecule has 0 spiro atoms. The van der Waals surface area contributed by atoms with Gasteiger partial charge in [-0.3, -0.25) is 10.1 Å². The molecule has 11 heteroatoms. The quantitative estimate of drug-likeness (QED) is 0.180. The van der Waals surface area contributed by atoms with Crippen LogP contribution in [0.4, 0.5) is 23.7 Å². The van der Waals surface area contributed by atoms with Crippen molar-refractivity contribution in [2.45, 2.75) is 62.5 Å². The van der Waals surface area contributed by atoms with Crippen LogP contribution in [0.15, 0.2) is 95.9 Å². The number of anilines is 1. The minimum atomic E-state index is -4.83. The van der Waals surface area contributed by atoms with E-state index in [4.69, 9.17) is 9.47 Å². The topological polar surface area (TPSA) is 98.8 Å². The van der Waals surface area contributed by atoms with Crippen molar-refractivity contribution < 1.29 is 40.7 Å². The number of carbonyl (C=O) groups is 2. The number of ether oxygens (including phenoxy) is 2. The summed E-state index contributed by atoms with van der Waals surface area (Å²) in [4.78, 5) is 27.3. The Bertz CT molecular complexity index is 1850. The van der Waals surface area contributed by atoms with Crippen molar-refractivity contribution in [3.63, 3.8) is 0 Å². The fourth-order valence-corrected chi connectivity index (χ4v) is 6.97. The Kier molecular flexibility index (Phi) is 10.2. The van der Waals surface area contributed by atoms with Gasteiger partial charge < -0.3 is 9.47 Å². The number of hydrogen-bond donors (Lipinski definition) is 1. The Morgan fingerprint density at radius 1 is 0.787 bits per heavy atom. The van der Waals surface area contributed by atoms with E-state index < -0.39 is 50.2 Å². The summed E-state index contributed by atoms with van der Waals surface area (Å²) >= 11 is 0. The van der Waals surface area contributed by atoms with E-state index in [0.717, 1.165) is 29.3 Å². The van der Waals surface area contributed by atoms with Crippen molar-refractivity contribution in [2.24, 2.45) is 0 Å². The molecule has 0 aliphatic rings. The second kappa shape index (κ2) is 13.6. The average molecular weight is 668 g/mol. The minimum Gasteiger partial charge on any atom is -0.497 e. The highest BCUT2D eigenvalue weighted by Crippen LogP contribution is 2.42. The molecule has 4 aromatic carbocycles. The maximum Gasteiger partial charge on any atom is 0.416 e. The smallest absolute Gasteiger partial charge is 0.416 e. The van der Waals surface area contributed by atoms with Crippen LogP contribution in [0, 0.1) is 13.8 Å². The zero-order valence-corrected chi connectivity index (χ0v) is 27.6. The van der Waals surface area contributed by atoms with Crippen molar-refractivity contribution in [1.82, 2.24) is 0 Å². The molecule has 4 rings (SSSR count). The van der Waals surface area contributed by atoms with E-state index in [-0.39, 0.29) is 27.3 Å². The molecule has 1 amide bonds. The van der Waals surface area contributed by atoms with Crippen LogP contribution >= 0.6 is 0 Å². The summed E-state index contributed by atoms with van der Waals surface area (Å²) in [7, 11) is -3.18. The summed E-state index contributed by atoms with van der Waals surface area (Å²) in [5.74, 6) is -1.97. The summed E-state index contributed by atoms with van der Waals surface area (Å²) in [6.45, 7) is 8.41. The van der Waals surface area contributed by atoms with Gasteiger partial charge in [-0.15, -0.1) is 0 Å². The third-order valence-electron chi connectivity index (χ3n) is 7.41. The van der Waals surface area contributed by atoms with E-state index in [9.17, 15) is 31.2 Å². The van der Waals surface area contributed by atoms with Gasteiger partial charge in [-0.05, 0) is 100 Å². The second-order valence-corrected chi connectivity index (χ2v) is 14.3. The molecular formula is C36H36F3NO6S. The van der Waals surface area contributed by atoms with E-state index in [1.165, 1.54) is 43.5 Å². The number of rotatable bonds is 9. The van der Waals surface area contributed by atoms with Gasteiger partial charge in [0.05, 0.1) is 17.6 Å². The van der Waals surface area contributed by atoms with Crippen molar-refractivity contribution >= 4 is 27.4 Å². The van der Waals surface area contributed by atoms with Crippen LogP contribution in [-0.2, 0) is 20.8 Å². The van der Waals surface area contributed by atoms with E-state index in [1.54, 1.807) is 71.0 Å². The Morgan fingerprint density at radius 2 is 1.34 bits per heavy atom. The lowest BCUT2D eigenvalue weighted by Crippen LogP contribution is -2.38. The van der Waals surface area contributed by atoms with Crippen LogP contribution in [-0.4, -0.2) is 38.3 Å². The van der Waals surface area contributed by atoms with Gasteiger partial charge in [0, 0.05) is 17.2 Å². The van der Waals surface area contributed by atoms with Crippen molar-refractivity contribution in [3.8, 4) is 5.75 Å². The molecule has 0 heterocycles. The molecule has 248 valence electrons. The number of aryl methyl sites for hydroxylation is 2. The molecule has 0 saturated carbocycles. The molecule has 2 atom stereocenters. The predicted molar refractivity (Wildman–Crippen MR) is 174 cm³/mol. The molecule has 0 saturated heterocycles. The van der Waals surface area contributed by atoms with Crippen molar-refractivity contribution in [3.05, 3.63) is 124 Å². The second-order valence-electron chi connectivity index (χ2n) is 12.2. The number of sulfone groups is 1. The molecule has 7 nitrogen and oxygen atoms in total. The van der Waals surface area contributed by atoms with E-state index >= 15 is 0 Å². The third kappa shape index (κ3) is 8.40. The molecule has 4 aromatic rings. The normalized spacial score (nSPS) is 13.4. The number of halogens is 3. The number of Topliss-reactive ketones (excluding diaryl/α,β-unsaturated/α-hetero) is 1. The average Bonchev–Trinajstić information content (AvgIpc) is 2.99. The Hall–Kier alpha value is -4.64. The number of nitrogens with one attached hydrogen (secondary N) is 1. The van der Waals surface area contributed by atoms with Crippen LogP contribution in [0.5, 0.6) is 5.75 Å². The van der Waals surface area contributed by atoms with Crippen LogP contribution < -0.4 is 10.1 Å². The number of methoxy groups -OCH3 is 1. The van der Waals surface area contributed by atoms with E-state index in [1.807, 2.05) is 0 Å². The highest BCUT2D eigenvalue weighted by molar-refractivity contribution is 7.93. The van der Waals surface area contributed by atoms with Crippen molar-refractivity contribution in [2.75, 3.05) is 12.4 Å². The maximum atomic E-state index is 14.7. The molecule has 1 N–H and O–H groups in total. The minimum absolute atomic E-state index is 0.00257. The first-order valence-electron chi connectivity index (χ1n) is 14.7. The van der Waals surface area contributed by atoms with Crippen LogP contribution in [0.3, 0.4) is 0 Å². The lowest BCUT2D eigenvalue weighted by atomic mass is 9.83. The van der Waals surface area contributed by atoms with Gasteiger partial charge in [0.25, 0.3) is 0 Å². The van der Waals surface area contributed by atoms with Gasteiger partial charge in [0.15, 0.2) is 15.6 Å². The van der Waals surface area contributed by atoms with Gasteiger partial charge in [0.1, 0.15) is 16.6 Å². The van der Waals surface area contributed by atoms with Gasteiger partial charge in [-0.1, -0.05) is 47.5 Å². The number of benzene rings is 4. The lowest BCUT2D eigenvalue weighted by Gasteiger charge is -2.30. The molecule has 47 heavy (non-hydrogen) atoms. The molecule has 0 aliphatic carbocycles. The summed E-state index contributed by atoms with van der Waals surface area (Å²) < 4.78 is 82.6. The third-order valence-corrected chi connectivity index (χ3v) is 9.49. The zero-order valence-electron chi connectivity index (χ0n) is 26.8. The Morgan fingerprint density at radius 3 is 1.85 bits per heavy atom. The van der Waals surface area contributed by atoms with Crippen LogP contribution in [0.25, 0.3) is 0 Å². The molecule has 0 fully saturated rings. The van der Waals surface area contributed by atoms with Crippen LogP contribution in [0.2, 0.25) is 0 Å². The van der Waals surface area contributed by atoms with Gasteiger partial charge in [-0.25, -0.2) is 13.2 Å². The standard InChI is InChI=1S/C36H36F3NO6S/c1-22-7-11-24(12-8-22)31(29-21-26(36(37,38)39)15-20-30(29)40-34(42)46-35(3,4)5)33(32(41)25-13-16-27(45-6)17-14-25)47(43,44)28-18-9-23(2)10-19-28/h7-21,31,33H,1-6H3,(H,40,42). The molecule has 0 aliphatic heterocycles. The van der Waals surface area contributed by atoms with Gasteiger partial charge in [-0.2, -0.15) is 13.2 Å². The monoisotopic (exact) mass is 667 g/mol. The first-order valence-corrected chi connectivity index (χ1v) is 16.2. The SMILES string of the molecule is COc1ccc(C(=O)C(C(c2ccc(C)cc2)c2cc(C(F)(F)F)ccc2NC(=O)OC(C)(C)C)S(=O)(=O)c2ccc(C)cc2)cc1. The highest BCUT2D eigenvalue weighted by Gasteiger charge is 2.44.